The van der Waals surface area contributed by atoms with Gasteiger partial charge in [0, 0.05) is 28.5 Å². The largest absolute Gasteiger partial charge is 0.324 e. The molecule has 1 atom stereocenters. The lowest BCUT2D eigenvalue weighted by molar-refractivity contribution is -0.384. The van der Waals surface area contributed by atoms with Crippen LogP contribution in [0.3, 0.4) is 0 Å². The van der Waals surface area contributed by atoms with Crippen molar-refractivity contribution < 1.29 is 14.1 Å². The molecule has 0 aliphatic carbocycles. The molecule has 0 spiro atoms. The second kappa shape index (κ2) is 9.51. The van der Waals surface area contributed by atoms with Gasteiger partial charge in [-0.15, -0.1) is 10.2 Å². The number of nitro benzene ring substituents is 1. The van der Waals surface area contributed by atoms with Crippen LogP contribution in [0, 0.1) is 15.9 Å². The number of nitrogens with zero attached hydrogens (tertiary/aromatic N) is 3. The van der Waals surface area contributed by atoms with Crippen molar-refractivity contribution in [2.75, 3.05) is 5.32 Å². The Morgan fingerprint density at radius 2 is 1.79 bits per heavy atom. The molecule has 166 valence electrons. The predicted octanol–water partition coefficient (Wildman–Crippen LogP) is 6.12. The molecule has 0 radical (unpaired) electrons. The van der Waals surface area contributed by atoms with E-state index in [0.717, 1.165) is 16.3 Å². The molecule has 0 aliphatic rings. The maximum atomic E-state index is 13.3. The average molecular weight is 483 g/mol. The highest BCUT2D eigenvalue weighted by Crippen LogP contribution is 2.34. The van der Waals surface area contributed by atoms with Gasteiger partial charge < -0.3 is 5.32 Å². The lowest BCUT2D eigenvalue weighted by Crippen LogP contribution is -2.22. The van der Waals surface area contributed by atoms with Gasteiger partial charge in [-0.05, 0) is 37.3 Å². The lowest BCUT2D eigenvalue weighted by Gasteiger charge is -2.14. The number of non-ortho nitro benzene ring substituents is 1. The number of halogens is 2. The summed E-state index contributed by atoms with van der Waals surface area (Å²) in [5.41, 5.74) is 1.31. The maximum Gasteiger partial charge on any atom is 0.271 e. The van der Waals surface area contributed by atoms with E-state index in [1.165, 1.54) is 42.1 Å². The summed E-state index contributed by atoms with van der Waals surface area (Å²) in [6.45, 7) is 1.69. The summed E-state index contributed by atoms with van der Waals surface area (Å²) in [6, 6.07) is 17.3. The van der Waals surface area contributed by atoms with E-state index in [9.17, 15) is 19.3 Å². The van der Waals surface area contributed by atoms with E-state index in [2.05, 4.69) is 15.5 Å². The van der Waals surface area contributed by atoms with E-state index in [1.54, 1.807) is 19.1 Å². The van der Waals surface area contributed by atoms with Gasteiger partial charge >= 0.3 is 0 Å². The summed E-state index contributed by atoms with van der Waals surface area (Å²) in [4.78, 5) is 23.2. The first-order chi connectivity index (χ1) is 15.8. The Bertz CT molecular complexity index is 1370. The number of carbonyl (C=O) groups excluding carboxylic acids is 1. The summed E-state index contributed by atoms with van der Waals surface area (Å²) in [6.07, 6.45) is 0. The number of hydrogen-bond acceptors (Lipinski definition) is 6. The van der Waals surface area contributed by atoms with Crippen LogP contribution in [0.5, 0.6) is 0 Å². The van der Waals surface area contributed by atoms with Gasteiger partial charge in [-0.25, -0.2) is 4.39 Å². The molecule has 0 saturated heterocycles. The second-order valence-electron chi connectivity index (χ2n) is 7.08. The Kier molecular flexibility index (Phi) is 6.52. The standard InChI is InChI=1S/C23H16ClFN4O3S/c1-13(22(30)26-20-12-16(29(31)32)10-11-19(20)24)33-23-18-5-3-2-4-17(18)21(27-28-23)14-6-8-15(25)9-7-14/h2-13H,1H3,(H,26,30). The number of anilines is 1. The lowest BCUT2D eigenvalue weighted by atomic mass is 10.1. The fraction of sp³-hybridized carbons (Fsp3) is 0.0870. The summed E-state index contributed by atoms with van der Waals surface area (Å²) in [5, 5.41) is 24.0. The van der Waals surface area contributed by atoms with Crippen LogP contribution in [0.25, 0.3) is 22.0 Å². The summed E-state index contributed by atoms with van der Waals surface area (Å²) in [7, 11) is 0. The molecule has 1 heterocycles. The molecule has 0 bridgehead atoms. The molecule has 0 aliphatic heterocycles. The molecule has 1 unspecified atom stereocenters. The highest BCUT2D eigenvalue weighted by Gasteiger charge is 2.20. The first-order valence-corrected chi connectivity index (χ1v) is 11.0. The van der Waals surface area contributed by atoms with E-state index < -0.39 is 16.1 Å². The third-order valence-electron chi connectivity index (χ3n) is 4.85. The number of amides is 1. The van der Waals surface area contributed by atoms with Crippen molar-refractivity contribution >= 4 is 51.4 Å². The number of fused-ring (bicyclic) bond motifs is 1. The number of carbonyl (C=O) groups is 1. The Hall–Kier alpha value is -3.56. The summed E-state index contributed by atoms with van der Waals surface area (Å²) in [5.74, 6) is -0.734. The van der Waals surface area contributed by atoms with Crippen molar-refractivity contribution in [2.45, 2.75) is 17.2 Å². The van der Waals surface area contributed by atoms with Gasteiger partial charge in [0.15, 0.2) is 0 Å². The van der Waals surface area contributed by atoms with Crippen molar-refractivity contribution in [3.8, 4) is 11.3 Å². The smallest absolute Gasteiger partial charge is 0.271 e. The topological polar surface area (TPSA) is 98.0 Å². The Morgan fingerprint density at radius 1 is 1.09 bits per heavy atom. The van der Waals surface area contributed by atoms with Gasteiger partial charge in [-0.2, -0.15) is 0 Å². The minimum Gasteiger partial charge on any atom is -0.324 e. The van der Waals surface area contributed by atoms with E-state index in [-0.39, 0.29) is 22.2 Å². The van der Waals surface area contributed by atoms with E-state index >= 15 is 0 Å². The number of thioether (sulfide) groups is 1. The average Bonchev–Trinajstić information content (AvgIpc) is 2.81. The fourth-order valence-corrected chi connectivity index (χ4v) is 4.22. The van der Waals surface area contributed by atoms with E-state index in [1.807, 2.05) is 24.3 Å². The minimum atomic E-state index is -0.602. The Balaban J connectivity index is 1.60. The minimum absolute atomic E-state index is 0.158. The van der Waals surface area contributed by atoms with Crippen LogP contribution in [-0.4, -0.2) is 26.3 Å². The van der Waals surface area contributed by atoms with Crippen LogP contribution in [-0.2, 0) is 4.79 Å². The molecule has 4 aromatic rings. The number of hydrogen-bond donors (Lipinski definition) is 1. The van der Waals surface area contributed by atoms with Crippen molar-refractivity contribution in [3.63, 3.8) is 0 Å². The molecule has 7 nitrogen and oxygen atoms in total. The van der Waals surface area contributed by atoms with Gasteiger partial charge in [0.2, 0.25) is 5.91 Å². The second-order valence-corrected chi connectivity index (χ2v) is 8.81. The first-order valence-electron chi connectivity index (χ1n) is 9.76. The monoisotopic (exact) mass is 482 g/mol. The predicted molar refractivity (Wildman–Crippen MR) is 127 cm³/mol. The number of rotatable bonds is 6. The van der Waals surface area contributed by atoms with Gasteiger partial charge in [-0.3, -0.25) is 14.9 Å². The number of aromatic nitrogens is 2. The molecule has 1 amide bonds. The quantitative estimate of drug-likeness (QED) is 0.202. The van der Waals surface area contributed by atoms with Crippen molar-refractivity contribution in [2.24, 2.45) is 0 Å². The number of nitro groups is 1. The van der Waals surface area contributed by atoms with E-state index in [4.69, 9.17) is 11.6 Å². The van der Waals surface area contributed by atoms with Gasteiger partial charge in [0.05, 0.1) is 20.9 Å². The molecule has 0 fully saturated rings. The SMILES string of the molecule is CC(Sc1nnc(-c2ccc(F)cc2)c2ccccc12)C(=O)Nc1cc([N+](=O)[O-])ccc1Cl. The van der Waals surface area contributed by atoms with Crippen molar-refractivity contribution in [1.29, 1.82) is 0 Å². The van der Waals surface area contributed by atoms with Gasteiger partial charge in [0.1, 0.15) is 16.5 Å². The summed E-state index contributed by atoms with van der Waals surface area (Å²) >= 11 is 7.28. The fourth-order valence-electron chi connectivity index (χ4n) is 3.17. The van der Waals surface area contributed by atoms with Gasteiger partial charge in [0.25, 0.3) is 5.69 Å². The highest BCUT2D eigenvalue weighted by molar-refractivity contribution is 8.00. The van der Waals surface area contributed by atoms with Crippen molar-refractivity contribution in [3.05, 3.63) is 87.7 Å². The Morgan fingerprint density at radius 3 is 2.48 bits per heavy atom. The zero-order valence-corrected chi connectivity index (χ0v) is 18.7. The van der Waals surface area contributed by atoms with Crippen LogP contribution in [0.1, 0.15) is 6.92 Å². The number of benzene rings is 3. The zero-order valence-electron chi connectivity index (χ0n) is 17.2. The Labute approximate surface area is 197 Å². The molecule has 4 rings (SSSR count). The third kappa shape index (κ3) is 4.94. The molecular formula is C23H16ClFN4O3S. The van der Waals surface area contributed by atoms with Crippen LogP contribution in [0.2, 0.25) is 5.02 Å². The normalized spacial score (nSPS) is 11.8. The van der Waals surface area contributed by atoms with E-state index in [0.29, 0.717) is 10.7 Å². The molecule has 3 aromatic carbocycles. The van der Waals surface area contributed by atoms with Crippen LogP contribution >= 0.6 is 23.4 Å². The first kappa shape index (κ1) is 22.6. The van der Waals surface area contributed by atoms with Crippen molar-refractivity contribution in [1.82, 2.24) is 10.2 Å². The third-order valence-corrected chi connectivity index (χ3v) is 6.27. The van der Waals surface area contributed by atoms with Crippen LogP contribution < -0.4 is 5.32 Å². The maximum absolute atomic E-state index is 13.3. The molecule has 1 N–H and O–H groups in total. The number of nitrogens with one attached hydrogen (secondary N) is 1. The molecular weight excluding hydrogens is 467 g/mol. The zero-order chi connectivity index (χ0) is 23.5. The molecule has 0 saturated carbocycles. The highest BCUT2D eigenvalue weighted by atomic mass is 35.5. The van der Waals surface area contributed by atoms with Crippen LogP contribution in [0.4, 0.5) is 15.8 Å². The summed E-state index contributed by atoms with van der Waals surface area (Å²) < 4.78 is 13.3. The molecule has 33 heavy (non-hydrogen) atoms. The molecule has 10 heteroatoms. The molecule has 1 aromatic heterocycles. The van der Waals surface area contributed by atoms with Gasteiger partial charge in [-0.1, -0.05) is 47.6 Å². The van der Waals surface area contributed by atoms with Crippen LogP contribution in [0.15, 0.2) is 71.8 Å².